The van der Waals surface area contributed by atoms with Crippen molar-refractivity contribution in [1.82, 2.24) is 4.98 Å². The molecule has 0 aromatic carbocycles. The van der Waals surface area contributed by atoms with Crippen LogP contribution in [0.2, 0.25) is 19.6 Å². The van der Waals surface area contributed by atoms with E-state index in [9.17, 15) is 5.11 Å². The summed E-state index contributed by atoms with van der Waals surface area (Å²) in [5.74, 6) is 4.74. The number of nitrogens with zero attached hydrogens (tertiary/aromatic N) is 1. The molecule has 0 amide bonds. The Labute approximate surface area is 145 Å². The summed E-state index contributed by atoms with van der Waals surface area (Å²) in [6, 6.07) is 2.51. The van der Waals surface area contributed by atoms with Gasteiger partial charge in [0.15, 0.2) is 0 Å². The summed E-state index contributed by atoms with van der Waals surface area (Å²) in [4.78, 5) is 4.77. The predicted molar refractivity (Wildman–Crippen MR) is 103 cm³/mol. The van der Waals surface area contributed by atoms with Crippen molar-refractivity contribution in [2.45, 2.75) is 56.9 Å². The summed E-state index contributed by atoms with van der Waals surface area (Å²) in [5, 5.41) is 14.0. The minimum atomic E-state index is -1.42. The second kappa shape index (κ2) is 7.74. The van der Waals surface area contributed by atoms with E-state index in [1.54, 1.807) is 11.8 Å². The van der Waals surface area contributed by atoms with Crippen molar-refractivity contribution in [1.29, 1.82) is 0 Å². The number of hydrogen-bond donors (Lipinski definition) is 2. The maximum Gasteiger partial charge on any atom is 0.143 e. The molecule has 1 aliphatic rings. The van der Waals surface area contributed by atoms with Crippen LogP contribution < -0.4 is 5.32 Å². The van der Waals surface area contributed by atoms with Gasteiger partial charge in [-0.05, 0) is 50.0 Å². The molecule has 0 saturated heterocycles. The number of anilines is 1. The highest BCUT2D eigenvalue weighted by Gasteiger charge is 2.25. The lowest BCUT2D eigenvalue weighted by atomic mass is 10.1. The topological polar surface area (TPSA) is 45.1 Å². The third-order valence-electron chi connectivity index (χ3n) is 4.11. The molecule has 1 aromatic rings. The second-order valence-electron chi connectivity index (χ2n) is 7.41. The van der Waals surface area contributed by atoms with Crippen LogP contribution in [0.1, 0.15) is 30.4 Å². The number of pyridine rings is 1. The molecule has 0 aliphatic heterocycles. The lowest BCUT2D eigenvalue weighted by Gasteiger charge is -2.17. The van der Waals surface area contributed by atoms with Crippen LogP contribution in [-0.4, -0.2) is 37.1 Å². The van der Waals surface area contributed by atoms with Gasteiger partial charge in [-0.2, -0.15) is 0 Å². The molecular formula is C18H28N2OSSi. The molecule has 2 rings (SSSR count). The van der Waals surface area contributed by atoms with Crippen LogP contribution in [0.5, 0.6) is 0 Å². The number of aliphatic hydroxyl groups is 1. The third-order valence-corrected chi connectivity index (χ3v) is 5.61. The van der Waals surface area contributed by atoms with E-state index in [-0.39, 0.29) is 6.61 Å². The van der Waals surface area contributed by atoms with Crippen LogP contribution in [0.25, 0.3) is 0 Å². The number of aryl methyl sites for hydroxylation is 1. The maximum absolute atomic E-state index is 9.34. The summed E-state index contributed by atoms with van der Waals surface area (Å²) in [5.41, 5.74) is 5.69. The molecule has 2 unspecified atom stereocenters. The fourth-order valence-electron chi connectivity index (χ4n) is 2.82. The van der Waals surface area contributed by atoms with E-state index in [0.717, 1.165) is 35.7 Å². The van der Waals surface area contributed by atoms with Crippen LogP contribution in [0, 0.1) is 24.3 Å². The Morgan fingerprint density at radius 1 is 1.39 bits per heavy atom. The number of aliphatic hydroxyl groups excluding tert-OH is 1. The van der Waals surface area contributed by atoms with Gasteiger partial charge in [-0.25, -0.2) is 4.98 Å². The Hall–Kier alpha value is -0.963. The first-order valence-corrected chi connectivity index (χ1v) is 13.0. The molecule has 126 valence electrons. The maximum atomic E-state index is 9.34. The van der Waals surface area contributed by atoms with E-state index < -0.39 is 8.07 Å². The molecule has 5 heteroatoms. The molecule has 3 nitrogen and oxygen atoms in total. The number of thioether (sulfide) groups is 1. The lowest BCUT2D eigenvalue weighted by molar-refractivity contribution is 0.229. The van der Waals surface area contributed by atoms with Crippen LogP contribution in [0.15, 0.2) is 11.1 Å². The predicted octanol–water partition coefficient (Wildman–Crippen LogP) is 3.91. The highest BCUT2D eigenvalue weighted by molar-refractivity contribution is 7.98. The minimum Gasteiger partial charge on any atom is -0.396 e. The van der Waals surface area contributed by atoms with Gasteiger partial charge >= 0.3 is 0 Å². The first-order valence-electron chi connectivity index (χ1n) is 8.28. The van der Waals surface area contributed by atoms with Crippen molar-refractivity contribution in [3.63, 3.8) is 0 Å². The number of aromatic nitrogens is 1. The van der Waals surface area contributed by atoms with Crippen LogP contribution in [0.4, 0.5) is 5.82 Å². The molecule has 23 heavy (non-hydrogen) atoms. The van der Waals surface area contributed by atoms with Gasteiger partial charge in [0, 0.05) is 12.6 Å². The van der Waals surface area contributed by atoms with Crippen molar-refractivity contribution in [3.8, 4) is 11.5 Å². The van der Waals surface area contributed by atoms with Crippen molar-refractivity contribution in [3.05, 3.63) is 17.2 Å². The fourth-order valence-corrected chi connectivity index (χ4v) is 3.80. The van der Waals surface area contributed by atoms with E-state index >= 15 is 0 Å². The van der Waals surface area contributed by atoms with Crippen LogP contribution in [-0.2, 0) is 0 Å². The van der Waals surface area contributed by atoms with Crippen molar-refractivity contribution >= 4 is 25.7 Å². The molecule has 2 atom stereocenters. The second-order valence-corrected chi connectivity index (χ2v) is 13.0. The summed E-state index contributed by atoms with van der Waals surface area (Å²) < 4.78 is 0. The Bertz CT molecular complexity index is 616. The third kappa shape index (κ3) is 5.27. The van der Waals surface area contributed by atoms with Gasteiger partial charge in [0.1, 0.15) is 13.9 Å². The lowest BCUT2D eigenvalue weighted by Crippen LogP contribution is -2.19. The zero-order chi connectivity index (χ0) is 17.0. The van der Waals surface area contributed by atoms with Gasteiger partial charge < -0.3 is 10.4 Å². The molecule has 1 aliphatic carbocycles. The fraction of sp³-hybridized carbons (Fsp3) is 0.611. The standard InChI is InChI=1S/C18H28N2OSSi/c1-13-10-17(22-2)20-18(16(13)8-9-23(3,4)5)19-15-7-6-14(11-15)12-21/h10,14-15,21H,6-7,11-12H2,1-5H3,(H,19,20). The summed E-state index contributed by atoms with van der Waals surface area (Å²) in [7, 11) is -1.42. The highest BCUT2D eigenvalue weighted by atomic mass is 32.2. The van der Waals surface area contributed by atoms with E-state index in [0.29, 0.717) is 12.0 Å². The molecule has 0 radical (unpaired) electrons. The van der Waals surface area contributed by atoms with Gasteiger partial charge in [-0.15, -0.1) is 17.3 Å². The van der Waals surface area contributed by atoms with Gasteiger partial charge in [0.25, 0.3) is 0 Å². The Morgan fingerprint density at radius 3 is 2.70 bits per heavy atom. The largest absolute Gasteiger partial charge is 0.396 e. The van der Waals surface area contributed by atoms with Crippen LogP contribution >= 0.6 is 11.8 Å². The molecule has 0 spiro atoms. The highest BCUT2D eigenvalue weighted by Crippen LogP contribution is 2.30. The molecule has 2 N–H and O–H groups in total. The van der Waals surface area contributed by atoms with Crippen molar-refractivity contribution in [2.24, 2.45) is 5.92 Å². The zero-order valence-corrected chi connectivity index (χ0v) is 16.7. The number of rotatable bonds is 4. The minimum absolute atomic E-state index is 0.289. The van der Waals surface area contributed by atoms with Crippen molar-refractivity contribution < 1.29 is 5.11 Å². The molecule has 0 bridgehead atoms. The molecule has 1 saturated carbocycles. The summed E-state index contributed by atoms with van der Waals surface area (Å²) in [6.07, 6.45) is 5.25. The Balaban J connectivity index is 2.31. The summed E-state index contributed by atoms with van der Waals surface area (Å²) in [6.45, 7) is 9.18. The Kier molecular flexibility index (Phi) is 6.18. The molecule has 1 heterocycles. The SMILES string of the molecule is CSc1cc(C)c(C#C[Si](C)(C)C)c(NC2CCC(CO)C2)n1. The quantitative estimate of drug-likeness (QED) is 0.492. The smallest absolute Gasteiger partial charge is 0.143 e. The average molecular weight is 349 g/mol. The van der Waals surface area contributed by atoms with E-state index in [2.05, 4.69) is 55.7 Å². The van der Waals surface area contributed by atoms with Crippen molar-refractivity contribution in [2.75, 3.05) is 18.2 Å². The van der Waals surface area contributed by atoms with E-state index in [4.69, 9.17) is 4.98 Å². The molecule has 1 fully saturated rings. The molecular weight excluding hydrogens is 320 g/mol. The molecule has 1 aromatic heterocycles. The van der Waals surface area contributed by atoms with Crippen LogP contribution in [0.3, 0.4) is 0 Å². The first kappa shape index (κ1) is 18.4. The zero-order valence-electron chi connectivity index (χ0n) is 14.9. The van der Waals surface area contributed by atoms with E-state index in [1.165, 1.54) is 5.56 Å². The van der Waals surface area contributed by atoms with Gasteiger partial charge in [-0.1, -0.05) is 25.6 Å². The van der Waals surface area contributed by atoms with Gasteiger partial charge in [0.2, 0.25) is 0 Å². The van der Waals surface area contributed by atoms with Gasteiger partial charge in [0.05, 0.1) is 10.6 Å². The van der Waals surface area contributed by atoms with Gasteiger partial charge in [-0.3, -0.25) is 0 Å². The van der Waals surface area contributed by atoms with E-state index in [1.807, 2.05) is 0 Å². The monoisotopic (exact) mass is 348 g/mol. The Morgan fingerprint density at radius 2 is 2.13 bits per heavy atom. The number of nitrogens with one attached hydrogen (secondary N) is 1. The average Bonchev–Trinajstić information content (AvgIpc) is 2.92. The normalized spacial score (nSPS) is 21.0. The first-order chi connectivity index (χ1) is 10.8. The summed E-state index contributed by atoms with van der Waals surface area (Å²) >= 11 is 1.66. The number of hydrogen-bond acceptors (Lipinski definition) is 4.